The van der Waals surface area contributed by atoms with Gasteiger partial charge in [0.1, 0.15) is 4.32 Å². The van der Waals surface area contributed by atoms with Gasteiger partial charge in [-0.05, 0) is 17.9 Å². The third kappa shape index (κ3) is 2.55. The summed E-state index contributed by atoms with van der Waals surface area (Å²) in [6, 6.07) is 6.34. The highest BCUT2D eigenvalue weighted by molar-refractivity contribution is 9.09. The zero-order chi connectivity index (χ0) is 9.73. The van der Waals surface area contributed by atoms with Crippen molar-refractivity contribution in [3.05, 3.63) is 22.4 Å². The van der Waals surface area contributed by atoms with Gasteiger partial charge in [-0.3, -0.25) is 0 Å². The molecule has 1 aromatic heterocycles. The van der Waals surface area contributed by atoms with Gasteiger partial charge in [0.2, 0.25) is 0 Å². The normalized spacial score (nSPS) is 14.8. The van der Waals surface area contributed by atoms with Crippen LogP contribution in [0.25, 0.3) is 0 Å². The highest BCUT2D eigenvalue weighted by atomic mass is 79.9. The SMILES string of the molecule is CCCCC(Br)(C#N)c1cccs1. The van der Waals surface area contributed by atoms with E-state index in [2.05, 4.69) is 28.9 Å². The maximum Gasteiger partial charge on any atom is 0.146 e. The van der Waals surface area contributed by atoms with Gasteiger partial charge in [0, 0.05) is 4.88 Å². The molecule has 0 saturated carbocycles. The van der Waals surface area contributed by atoms with Crippen molar-refractivity contribution in [3.8, 4) is 6.07 Å². The Morgan fingerprint density at radius 1 is 1.69 bits per heavy atom. The third-order valence-corrected chi connectivity index (χ3v) is 4.26. The van der Waals surface area contributed by atoms with Crippen LogP contribution in [-0.2, 0) is 4.32 Å². The summed E-state index contributed by atoms with van der Waals surface area (Å²) >= 11 is 5.16. The Morgan fingerprint density at radius 3 is 2.92 bits per heavy atom. The monoisotopic (exact) mass is 257 g/mol. The predicted molar refractivity (Wildman–Crippen MR) is 60.1 cm³/mol. The number of hydrogen-bond donors (Lipinski definition) is 0. The number of hydrogen-bond acceptors (Lipinski definition) is 2. The zero-order valence-corrected chi connectivity index (χ0v) is 9.99. The van der Waals surface area contributed by atoms with E-state index >= 15 is 0 Å². The van der Waals surface area contributed by atoms with Crippen LogP contribution in [0, 0.1) is 11.3 Å². The number of thiophene rings is 1. The van der Waals surface area contributed by atoms with Gasteiger partial charge >= 0.3 is 0 Å². The summed E-state index contributed by atoms with van der Waals surface area (Å²) in [6.45, 7) is 2.14. The van der Waals surface area contributed by atoms with E-state index in [1.54, 1.807) is 11.3 Å². The van der Waals surface area contributed by atoms with Crippen molar-refractivity contribution >= 4 is 27.3 Å². The van der Waals surface area contributed by atoms with Crippen LogP contribution in [0.4, 0.5) is 0 Å². The van der Waals surface area contributed by atoms with Crippen LogP contribution in [-0.4, -0.2) is 0 Å². The number of alkyl halides is 1. The fourth-order valence-electron chi connectivity index (χ4n) is 1.16. The lowest BCUT2D eigenvalue weighted by Gasteiger charge is -2.16. The topological polar surface area (TPSA) is 23.8 Å². The lowest BCUT2D eigenvalue weighted by atomic mass is 10.0. The fraction of sp³-hybridized carbons (Fsp3) is 0.500. The summed E-state index contributed by atoms with van der Waals surface area (Å²) in [6.07, 6.45) is 3.09. The molecule has 1 heterocycles. The summed E-state index contributed by atoms with van der Waals surface area (Å²) < 4.78 is -0.447. The predicted octanol–water partition coefficient (Wildman–Crippen LogP) is 4.05. The molecule has 1 nitrogen and oxygen atoms in total. The summed E-state index contributed by atoms with van der Waals surface area (Å²) in [7, 11) is 0. The number of unbranched alkanes of at least 4 members (excludes halogenated alkanes) is 1. The Labute approximate surface area is 91.5 Å². The second kappa shape index (κ2) is 4.78. The fourth-order valence-corrected chi connectivity index (χ4v) is 2.65. The van der Waals surface area contributed by atoms with Crippen molar-refractivity contribution in [3.63, 3.8) is 0 Å². The molecule has 0 bridgehead atoms. The van der Waals surface area contributed by atoms with Gasteiger partial charge in [-0.2, -0.15) is 5.26 Å². The largest absolute Gasteiger partial charge is 0.196 e. The van der Waals surface area contributed by atoms with Crippen LogP contribution >= 0.6 is 27.3 Å². The van der Waals surface area contributed by atoms with E-state index in [9.17, 15) is 0 Å². The second-order valence-corrected chi connectivity index (χ2v) is 5.30. The van der Waals surface area contributed by atoms with Crippen molar-refractivity contribution < 1.29 is 0 Å². The van der Waals surface area contributed by atoms with E-state index in [0.29, 0.717) is 0 Å². The maximum atomic E-state index is 9.09. The Hall–Kier alpha value is -0.330. The van der Waals surface area contributed by atoms with Gasteiger partial charge in [-0.25, -0.2) is 0 Å². The Kier molecular flexibility index (Phi) is 3.95. The first-order valence-corrected chi connectivity index (χ1v) is 6.04. The number of nitriles is 1. The van der Waals surface area contributed by atoms with E-state index < -0.39 is 4.32 Å². The Bertz CT molecular complexity index is 288. The average molecular weight is 258 g/mol. The molecule has 13 heavy (non-hydrogen) atoms. The lowest BCUT2D eigenvalue weighted by molar-refractivity contribution is 0.649. The molecular weight excluding hydrogens is 246 g/mol. The average Bonchev–Trinajstić information content (AvgIpc) is 2.67. The molecule has 0 aliphatic rings. The van der Waals surface area contributed by atoms with E-state index in [4.69, 9.17) is 5.26 Å². The molecule has 0 radical (unpaired) electrons. The van der Waals surface area contributed by atoms with Crippen molar-refractivity contribution in [1.82, 2.24) is 0 Å². The highest BCUT2D eigenvalue weighted by Crippen LogP contribution is 2.38. The van der Waals surface area contributed by atoms with Crippen LogP contribution < -0.4 is 0 Å². The molecule has 0 fully saturated rings. The summed E-state index contributed by atoms with van der Waals surface area (Å²) in [5.41, 5.74) is 0. The van der Waals surface area contributed by atoms with Crippen LogP contribution in [0.15, 0.2) is 17.5 Å². The Morgan fingerprint density at radius 2 is 2.46 bits per heavy atom. The second-order valence-electron chi connectivity index (χ2n) is 2.99. The van der Waals surface area contributed by atoms with Crippen LogP contribution in [0.2, 0.25) is 0 Å². The molecule has 3 heteroatoms. The molecular formula is C10H12BrNS. The van der Waals surface area contributed by atoms with Gasteiger partial charge in [0.05, 0.1) is 6.07 Å². The van der Waals surface area contributed by atoms with Crippen LogP contribution in [0.5, 0.6) is 0 Å². The molecule has 70 valence electrons. The lowest BCUT2D eigenvalue weighted by Crippen LogP contribution is -2.13. The summed E-state index contributed by atoms with van der Waals surface area (Å²) in [5, 5.41) is 11.1. The first-order chi connectivity index (χ1) is 6.23. The van der Waals surface area contributed by atoms with E-state index in [0.717, 1.165) is 24.1 Å². The smallest absolute Gasteiger partial charge is 0.146 e. The van der Waals surface area contributed by atoms with Gasteiger partial charge in [-0.15, -0.1) is 11.3 Å². The highest BCUT2D eigenvalue weighted by Gasteiger charge is 2.28. The standard InChI is InChI=1S/C10H12BrNS/c1-2-3-6-10(11,8-12)9-5-4-7-13-9/h4-5,7H,2-3,6H2,1H3. The van der Waals surface area contributed by atoms with E-state index in [1.165, 1.54) is 0 Å². The Balaban J connectivity index is 2.77. The molecule has 0 saturated heterocycles. The van der Waals surface area contributed by atoms with Gasteiger partial charge < -0.3 is 0 Å². The molecule has 0 aliphatic heterocycles. The number of rotatable bonds is 4. The molecule has 1 unspecified atom stereocenters. The molecule has 1 atom stereocenters. The first-order valence-electron chi connectivity index (χ1n) is 4.37. The molecule has 0 aliphatic carbocycles. The third-order valence-electron chi connectivity index (χ3n) is 1.96. The first kappa shape index (κ1) is 10.7. The quantitative estimate of drug-likeness (QED) is 0.747. The minimum atomic E-state index is -0.447. The van der Waals surface area contributed by atoms with Crippen molar-refractivity contribution in [2.75, 3.05) is 0 Å². The summed E-state index contributed by atoms with van der Waals surface area (Å²) in [5.74, 6) is 0. The molecule has 0 N–H and O–H groups in total. The zero-order valence-electron chi connectivity index (χ0n) is 7.59. The minimum absolute atomic E-state index is 0.447. The number of halogens is 1. The maximum absolute atomic E-state index is 9.09. The van der Waals surface area contributed by atoms with Crippen molar-refractivity contribution in [2.45, 2.75) is 30.5 Å². The van der Waals surface area contributed by atoms with Crippen LogP contribution in [0.3, 0.4) is 0 Å². The van der Waals surface area contributed by atoms with Gasteiger partial charge in [0.25, 0.3) is 0 Å². The van der Waals surface area contributed by atoms with Gasteiger partial charge in [-0.1, -0.05) is 41.8 Å². The molecule has 0 aromatic carbocycles. The van der Waals surface area contributed by atoms with E-state index in [-0.39, 0.29) is 0 Å². The molecule has 0 amide bonds. The minimum Gasteiger partial charge on any atom is -0.196 e. The van der Waals surface area contributed by atoms with Crippen LogP contribution in [0.1, 0.15) is 31.1 Å². The molecule has 1 rings (SSSR count). The number of nitrogens with zero attached hydrogens (tertiary/aromatic N) is 1. The van der Waals surface area contributed by atoms with E-state index in [1.807, 2.05) is 17.5 Å². The van der Waals surface area contributed by atoms with Crippen molar-refractivity contribution in [1.29, 1.82) is 5.26 Å². The van der Waals surface area contributed by atoms with Crippen molar-refractivity contribution in [2.24, 2.45) is 0 Å². The molecule has 0 spiro atoms. The summed E-state index contributed by atoms with van der Waals surface area (Å²) in [4.78, 5) is 1.11. The van der Waals surface area contributed by atoms with Gasteiger partial charge in [0.15, 0.2) is 0 Å². The molecule has 1 aromatic rings.